The number of H-pyrrole nitrogens is 1. The standard InChI is InChI=1S/C14H21N3O3/c1-10-13(16-9-15-10)14(19)17-8-4-3-5-11(17)6-7-12(18)20-2/h9,11H,3-8H2,1-2H3,(H,15,16)/t11-/m0/s1. The number of carbonyl (C=O) groups excluding carboxylic acids is 2. The summed E-state index contributed by atoms with van der Waals surface area (Å²) in [5.74, 6) is -0.266. The van der Waals surface area contributed by atoms with Crippen LogP contribution in [0.15, 0.2) is 6.33 Å². The third kappa shape index (κ3) is 3.18. The lowest BCUT2D eigenvalue weighted by Crippen LogP contribution is -2.44. The van der Waals surface area contributed by atoms with Crippen LogP contribution in [0, 0.1) is 6.92 Å². The molecule has 6 heteroatoms. The van der Waals surface area contributed by atoms with E-state index in [0.29, 0.717) is 18.5 Å². The minimum Gasteiger partial charge on any atom is -0.469 e. The van der Waals surface area contributed by atoms with Crippen LogP contribution in [0.3, 0.4) is 0 Å². The summed E-state index contributed by atoms with van der Waals surface area (Å²) in [7, 11) is 1.39. The molecule has 1 atom stereocenters. The van der Waals surface area contributed by atoms with Crippen LogP contribution in [0.5, 0.6) is 0 Å². The normalized spacial score (nSPS) is 18.9. The lowest BCUT2D eigenvalue weighted by atomic mass is 9.97. The van der Waals surface area contributed by atoms with E-state index in [1.807, 2.05) is 11.8 Å². The monoisotopic (exact) mass is 279 g/mol. The highest BCUT2D eigenvalue weighted by Gasteiger charge is 2.29. The van der Waals surface area contributed by atoms with E-state index in [4.69, 9.17) is 0 Å². The molecule has 20 heavy (non-hydrogen) atoms. The molecule has 1 fully saturated rings. The number of piperidine rings is 1. The van der Waals surface area contributed by atoms with Gasteiger partial charge in [-0.3, -0.25) is 9.59 Å². The van der Waals surface area contributed by atoms with Crippen molar-refractivity contribution in [3.8, 4) is 0 Å². The highest BCUT2D eigenvalue weighted by molar-refractivity contribution is 5.93. The summed E-state index contributed by atoms with van der Waals surface area (Å²) >= 11 is 0. The first-order chi connectivity index (χ1) is 9.63. The van der Waals surface area contributed by atoms with Crippen LogP contribution in [-0.4, -0.2) is 46.4 Å². The highest BCUT2D eigenvalue weighted by Crippen LogP contribution is 2.23. The van der Waals surface area contributed by atoms with Gasteiger partial charge in [0.2, 0.25) is 0 Å². The zero-order valence-corrected chi connectivity index (χ0v) is 12.0. The van der Waals surface area contributed by atoms with Gasteiger partial charge in [0.1, 0.15) is 5.69 Å². The summed E-state index contributed by atoms with van der Waals surface area (Å²) in [5.41, 5.74) is 1.27. The third-order valence-corrected chi connectivity index (χ3v) is 3.83. The number of rotatable bonds is 4. The predicted molar refractivity (Wildman–Crippen MR) is 73.3 cm³/mol. The van der Waals surface area contributed by atoms with E-state index < -0.39 is 0 Å². The van der Waals surface area contributed by atoms with Gasteiger partial charge in [-0.25, -0.2) is 4.98 Å². The van der Waals surface area contributed by atoms with Crippen molar-refractivity contribution in [3.63, 3.8) is 0 Å². The predicted octanol–water partition coefficient (Wildman–Crippen LogP) is 1.67. The van der Waals surface area contributed by atoms with Gasteiger partial charge in [0.05, 0.1) is 13.4 Å². The number of carbonyl (C=O) groups is 2. The van der Waals surface area contributed by atoms with Gasteiger partial charge in [0.15, 0.2) is 0 Å². The Balaban J connectivity index is 2.05. The number of hydrogen-bond donors (Lipinski definition) is 1. The molecule has 0 unspecified atom stereocenters. The van der Waals surface area contributed by atoms with E-state index in [9.17, 15) is 9.59 Å². The molecule has 0 aromatic carbocycles. The molecule has 0 radical (unpaired) electrons. The number of hydrogen-bond acceptors (Lipinski definition) is 4. The van der Waals surface area contributed by atoms with Gasteiger partial charge >= 0.3 is 5.97 Å². The topological polar surface area (TPSA) is 75.3 Å². The van der Waals surface area contributed by atoms with Crippen molar-refractivity contribution >= 4 is 11.9 Å². The minimum absolute atomic E-state index is 0.0432. The Labute approximate surface area is 118 Å². The molecular formula is C14H21N3O3. The van der Waals surface area contributed by atoms with Crippen molar-refractivity contribution in [2.45, 2.75) is 45.1 Å². The van der Waals surface area contributed by atoms with Gasteiger partial charge < -0.3 is 14.6 Å². The zero-order chi connectivity index (χ0) is 14.5. The molecular weight excluding hydrogens is 258 g/mol. The van der Waals surface area contributed by atoms with Crippen LogP contribution >= 0.6 is 0 Å². The Morgan fingerprint density at radius 1 is 1.50 bits per heavy atom. The number of aryl methyl sites for hydroxylation is 1. The fraction of sp³-hybridized carbons (Fsp3) is 0.643. The Kier molecular flexibility index (Phi) is 4.76. The number of aromatic amines is 1. The number of methoxy groups -OCH3 is 1. The summed E-state index contributed by atoms with van der Waals surface area (Å²) in [4.78, 5) is 32.7. The molecule has 0 aliphatic carbocycles. The van der Waals surface area contributed by atoms with Crippen LogP contribution < -0.4 is 0 Å². The number of likely N-dealkylation sites (tertiary alicyclic amines) is 1. The number of esters is 1. The molecule has 2 rings (SSSR count). The molecule has 6 nitrogen and oxygen atoms in total. The molecule has 1 amide bonds. The Morgan fingerprint density at radius 3 is 2.95 bits per heavy atom. The molecule has 1 saturated heterocycles. The van der Waals surface area contributed by atoms with Crippen LogP contribution in [0.4, 0.5) is 0 Å². The zero-order valence-electron chi connectivity index (χ0n) is 12.0. The minimum atomic E-state index is -0.223. The number of nitrogens with zero attached hydrogens (tertiary/aromatic N) is 2. The first-order valence-electron chi connectivity index (χ1n) is 7.01. The molecule has 1 aromatic heterocycles. The van der Waals surface area contributed by atoms with Gasteiger partial charge in [0.25, 0.3) is 5.91 Å². The number of imidazole rings is 1. The molecule has 0 spiro atoms. The van der Waals surface area contributed by atoms with Crippen LogP contribution in [0.2, 0.25) is 0 Å². The third-order valence-electron chi connectivity index (χ3n) is 3.83. The molecule has 110 valence electrons. The summed E-state index contributed by atoms with van der Waals surface area (Å²) in [5, 5.41) is 0. The first-order valence-corrected chi connectivity index (χ1v) is 7.01. The molecule has 1 N–H and O–H groups in total. The fourth-order valence-corrected chi connectivity index (χ4v) is 2.67. The van der Waals surface area contributed by atoms with Crippen LogP contribution in [0.25, 0.3) is 0 Å². The quantitative estimate of drug-likeness (QED) is 0.851. The van der Waals surface area contributed by atoms with Crippen LogP contribution in [0.1, 0.15) is 48.3 Å². The SMILES string of the molecule is COC(=O)CC[C@@H]1CCCCN1C(=O)c1nc[nH]c1C. The highest BCUT2D eigenvalue weighted by atomic mass is 16.5. The molecule has 0 bridgehead atoms. The fourth-order valence-electron chi connectivity index (χ4n) is 2.67. The molecule has 1 aliphatic rings. The van der Waals surface area contributed by atoms with E-state index >= 15 is 0 Å². The van der Waals surface area contributed by atoms with E-state index in [-0.39, 0.29) is 17.9 Å². The van der Waals surface area contributed by atoms with Gasteiger partial charge in [-0.05, 0) is 32.6 Å². The second-order valence-electron chi connectivity index (χ2n) is 5.14. The van der Waals surface area contributed by atoms with Crippen LogP contribution in [-0.2, 0) is 9.53 Å². The average Bonchev–Trinajstić information content (AvgIpc) is 2.90. The summed E-state index contributed by atoms with van der Waals surface area (Å²) in [6, 6.07) is 0.103. The van der Waals surface area contributed by atoms with Gasteiger partial charge in [-0.1, -0.05) is 0 Å². The lowest BCUT2D eigenvalue weighted by molar-refractivity contribution is -0.141. The number of amides is 1. The van der Waals surface area contributed by atoms with Crippen molar-refractivity contribution in [3.05, 3.63) is 17.7 Å². The van der Waals surface area contributed by atoms with Gasteiger partial charge in [-0.15, -0.1) is 0 Å². The van der Waals surface area contributed by atoms with Crippen molar-refractivity contribution in [2.24, 2.45) is 0 Å². The Hall–Kier alpha value is -1.85. The molecule has 0 saturated carbocycles. The molecule has 1 aliphatic heterocycles. The summed E-state index contributed by atoms with van der Waals surface area (Å²) in [6.07, 6.45) is 5.58. The van der Waals surface area contributed by atoms with E-state index in [1.54, 1.807) is 0 Å². The van der Waals surface area contributed by atoms with Gasteiger partial charge in [0, 0.05) is 24.7 Å². The second kappa shape index (κ2) is 6.54. The van der Waals surface area contributed by atoms with Crippen molar-refractivity contribution in [1.82, 2.24) is 14.9 Å². The first kappa shape index (κ1) is 14.6. The molecule has 1 aromatic rings. The number of nitrogens with one attached hydrogen (secondary N) is 1. The van der Waals surface area contributed by atoms with Crippen molar-refractivity contribution in [2.75, 3.05) is 13.7 Å². The van der Waals surface area contributed by atoms with E-state index in [2.05, 4.69) is 14.7 Å². The summed E-state index contributed by atoms with van der Waals surface area (Å²) < 4.78 is 4.67. The maximum Gasteiger partial charge on any atom is 0.305 e. The maximum absolute atomic E-state index is 12.5. The Morgan fingerprint density at radius 2 is 2.30 bits per heavy atom. The smallest absolute Gasteiger partial charge is 0.305 e. The summed E-state index contributed by atoms with van der Waals surface area (Å²) in [6.45, 7) is 2.57. The van der Waals surface area contributed by atoms with Crippen molar-refractivity contribution < 1.29 is 14.3 Å². The number of ether oxygens (including phenoxy) is 1. The average molecular weight is 279 g/mol. The lowest BCUT2D eigenvalue weighted by Gasteiger charge is -2.35. The number of aromatic nitrogens is 2. The van der Waals surface area contributed by atoms with Crippen molar-refractivity contribution in [1.29, 1.82) is 0 Å². The Bertz CT molecular complexity index is 484. The maximum atomic E-state index is 12.5. The second-order valence-corrected chi connectivity index (χ2v) is 5.14. The van der Waals surface area contributed by atoms with Gasteiger partial charge in [-0.2, -0.15) is 0 Å². The molecule has 2 heterocycles. The largest absolute Gasteiger partial charge is 0.469 e. The van der Waals surface area contributed by atoms with E-state index in [1.165, 1.54) is 13.4 Å². The van der Waals surface area contributed by atoms with E-state index in [0.717, 1.165) is 31.5 Å².